The van der Waals surface area contributed by atoms with Crippen molar-refractivity contribution in [2.75, 3.05) is 10.6 Å². The van der Waals surface area contributed by atoms with E-state index in [4.69, 9.17) is 19.7 Å². The van der Waals surface area contributed by atoms with E-state index in [1.54, 1.807) is 6.07 Å². The van der Waals surface area contributed by atoms with Crippen LogP contribution in [0.25, 0.3) is 25.6 Å². The fraction of sp³-hybridized carbons (Fsp3) is 0.111. The molecule has 12 nitrogen and oxygen atoms in total. The van der Waals surface area contributed by atoms with Crippen molar-refractivity contribution in [2.24, 2.45) is 9.98 Å². The molecule has 2 aliphatic heterocycles. The van der Waals surface area contributed by atoms with Gasteiger partial charge in [-0.25, -0.2) is 16.5 Å². The maximum atomic E-state index is 9.38. The van der Waals surface area contributed by atoms with Crippen LogP contribution in [-0.2, 0) is 0 Å². The summed E-state index contributed by atoms with van der Waals surface area (Å²) in [4.78, 5) is 26.7. The fourth-order valence-electron chi connectivity index (χ4n) is 3.02. The third-order valence-corrected chi connectivity index (χ3v) is 4.30. The van der Waals surface area contributed by atoms with Crippen LogP contribution in [-0.4, -0.2) is 33.7 Å². The molecular formula is C18H4N12. The van der Waals surface area contributed by atoms with Gasteiger partial charge in [0.05, 0.1) is 11.8 Å². The maximum absolute atomic E-state index is 9.38. The molecule has 0 saturated carbocycles. The number of fused-ring (bicyclic) bond motifs is 6. The van der Waals surface area contributed by atoms with E-state index in [-0.39, 0.29) is 56.8 Å². The summed E-state index contributed by atoms with van der Waals surface area (Å²) in [7, 11) is 0. The summed E-state index contributed by atoms with van der Waals surface area (Å²) in [6, 6.07) is 4.50. The molecule has 2 aromatic rings. The first-order valence-electron chi connectivity index (χ1n) is 8.03. The molecule has 0 fully saturated rings. The third kappa shape index (κ3) is 2.34. The van der Waals surface area contributed by atoms with Gasteiger partial charge in [0, 0.05) is 0 Å². The molecule has 1 aromatic heterocycles. The molecule has 0 radical (unpaired) electrons. The van der Waals surface area contributed by atoms with E-state index in [9.17, 15) is 15.8 Å². The second-order valence-electron chi connectivity index (χ2n) is 5.84. The zero-order valence-corrected chi connectivity index (χ0v) is 14.6. The largest absolute Gasteiger partial charge is 0.361 e. The van der Waals surface area contributed by atoms with Gasteiger partial charge in [0.1, 0.15) is 29.0 Å². The molecule has 2 unspecified atom stereocenters. The predicted molar refractivity (Wildman–Crippen MR) is 104 cm³/mol. The molecule has 12 heteroatoms. The Balaban J connectivity index is 2.21. The Hall–Kier alpha value is -5.56. The number of nitrogens with zero attached hydrogens (tertiary/aromatic N) is 10. The monoisotopic (exact) mass is 388 g/mol. The third-order valence-electron chi connectivity index (χ3n) is 4.30. The van der Waals surface area contributed by atoms with Gasteiger partial charge in [0.25, 0.3) is 0 Å². The van der Waals surface area contributed by atoms with Crippen LogP contribution in [0.4, 0.5) is 28.6 Å². The Labute approximate surface area is 168 Å². The van der Waals surface area contributed by atoms with E-state index in [0.29, 0.717) is 0 Å². The number of aliphatic imine (C=N–C) groups is 2. The minimum absolute atomic E-state index is 0.0699. The molecule has 4 rings (SSSR count). The van der Waals surface area contributed by atoms with Gasteiger partial charge in [-0.15, -0.1) is 9.98 Å². The maximum Gasteiger partial charge on any atom is 0.353 e. The van der Waals surface area contributed by atoms with Gasteiger partial charge in [-0.05, 0) is 0 Å². The van der Waals surface area contributed by atoms with E-state index in [0.717, 1.165) is 0 Å². The van der Waals surface area contributed by atoms with Crippen LogP contribution in [0.3, 0.4) is 0 Å². The molecule has 3 heterocycles. The first-order chi connectivity index (χ1) is 14.6. The van der Waals surface area contributed by atoms with Crippen molar-refractivity contribution in [2.45, 2.75) is 12.2 Å². The van der Waals surface area contributed by atoms with Crippen molar-refractivity contribution in [3.63, 3.8) is 0 Å². The number of aromatic nitrogens is 2. The summed E-state index contributed by atoms with van der Waals surface area (Å²) >= 11 is 0. The summed E-state index contributed by atoms with van der Waals surface area (Å²) in [6.45, 7) is 21.9. The Bertz CT molecular complexity index is 1360. The molecule has 2 atom stereocenters. The van der Waals surface area contributed by atoms with Crippen LogP contribution in [0.1, 0.15) is 5.69 Å². The number of rotatable bonds is 0. The summed E-state index contributed by atoms with van der Waals surface area (Å²) in [5.74, 6) is -0.398. The van der Waals surface area contributed by atoms with Gasteiger partial charge >= 0.3 is 17.8 Å². The molecule has 0 aliphatic carbocycles. The molecule has 2 aliphatic rings. The van der Waals surface area contributed by atoms with Crippen molar-refractivity contribution in [1.29, 1.82) is 15.8 Å². The molecule has 0 saturated heterocycles. The number of hydrogen-bond acceptors (Lipinski definition) is 9. The van der Waals surface area contributed by atoms with Gasteiger partial charge < -0.3 is 20.3 Å². The van der Waals surface area contributed by atoms with Crippen molar-refractivity contribution in [3.05, 3.63) is 39.9 Å². The molecule has 0 bridgehead atoms. The molecule has 0 amide bonds. The zero-order valence-electron chi connectivity index (χ0n) is 14.6. The summed E-state index contributed by atoms with van der Waals surface area (Å²) in [5.41, 5.74) is 0.489. The number of hydrogen-bond donors (Lipinski definition) is 2. The lowest BCUT2D eigenvalue weighted by Gasteiger charge is -2.24. The normalized spacial score (nSPS) is 18.1. The number of nitrogens with one attached hydrogen (secondary N) is 2. The Kier molecular flexibility index (Phi) is 3.90. The van der Waals surface area contributed by atoms with Crippen LogP contribution in [0, 0.1) is 53.7 Å². The Morgan fingerprint density at radius 1 is 0.867 bits per heavy atom. The first-order valence-corrected chi connectivity index (χ1v) is 8.03. The van der Waals surface area contributed by atoms with Crippen molar-refractivity contribution < 1.29 is 0 Å². The van der Waals surface area contributed by atoms with Crippen molar-refractivity contribution >= 4 is 51.1 Å². The van der Waals surface area contributed by atoms with Crippen LogP contribution < -0.4 is 10.6 Å². The minimum Gasteiger partial charge on any atom is -0.361 e. The number of benzene rings is 1. The lowest BCUT2D eigenvalue weighted by atomic mass is 10.0. The van der Waals surface area contributed by atoms with E-state index in [1.807, 2.05) is 12.1 Å². The van der Waals surface area contributed by atoms with Crippen LogP contribution in [0.2, 0.25) is 0 Å². The average molecular weight is 388 g/mol. The van der Waals surface area contributed by atoms with E-state index < -0.39 is 12.2 Å². The van der Waals surface area contributed by atoms with Crippen molar-refractivity contribution in [3.8, 4) is 18.2 Å². The number of anilines is 2. The standard InChI is InChI=1S/C18H4N12/c1-22-16-9(6-21)27-12-10-11(26-8(5-20)7(4-19)25-10)14-15(13(12)28-16)30-18(24-3)17(23-2)29-14/h8,17,26,29H. The van der Waals surface area contributed by atoms with Crippen LogP contribution >= 0.6 is 0 Å². The summed E-state index contributed by atoms with van der Waals surface area (Å²) in [5, 5.41) is 33.8. The molecular weight excluding hydrogens is 384 g/mol. The minimum atomic E-state index is -1.08. The second-order valence-corrected chi connectivity index (χ2v) is 5.84. The van der Waals surface area contributed by atoms with Gasteiger partial charge in [-0.2, -0.15) is 15.8 Å². The van der Waals surface area contributed by atoms with E-state index in [1.165, 1.54) is 0 Å². The zero-order chi connectivity index (χ0) is 21.4. The van der Waals surface area contributed by atoms with Crippen LogP contribution in [0.15, 0.2) is 9.98 Å². The number of amidine groups is 1. The van der Waals surface area contributed by atoms with E-state index >= 15 is 0 Å². The average Bonchev–Trinajstić information content (AvgIpc) is 2.81. The van der Waals surface area contributed by atoms with Crippen molar-refractivity contribution in [1.82, 2.24) is 9.97 Å². The highest BCUT2D eigenvalue weighted by molar-refractivity contribution is 6.20. The molecule has 30 heavy (non-hydrogen) atoms. The highest BCUT2D eigenvalue weighted by Gasteiger charge is 2.39. The second kappa shape index (κ2) is 6.55. The van der Waals surface area contributed by atoms with Gasteiger partial charge in [0.15, 0.2) is 17.4 Å². The molecule has 2 N–H and O–H groups in total. The van der Waals surface area contributed by atoms with Crippen LogP contribution in [0.5, 0.6) is 0 Å². The highest BCUT2D eigenvalue weighted by Crippen LogP contribution is 2.50. The first kappa shape index (κ1) is 17.8. The molecule has 1 aromatic carbocycles. The lowest BCUT2D eigenvalue weighted by Crippen LogP contribution is -2.32. The topological polar surface area (TPSA) is 159 Å². The number of nitriles is 3. The summed E-state index contributed by atoms with van der Waals surface area (Å²) in [6.07, 6.45) is -1.08. The molecule has 136 valence electrons. The fourth-order valence-corrected chi connectivity index (χ4v) is 3.02. The quantitative estimate of drug-likeness (QED) is 0.656. The lowest BCUT2D eigenvalue weighted by molar-refractivity contribution is 1.10. The van der Waals surface area contributed by atoms with Gasteiger partial charge in [0.2, 0.25) is 11.2 Å². The Morgan fingerprint density at radius 2 is 1.57 bits per heavy atom. The molecule has 0 spiro atoms. The smallest absolute Gasteiger partial charge is 0.353 e. The van der Waals surface area contributed by atoms with Gasteiger partial charge in [-0.1, -0.05) is 13.1 Å². The Morgan fingerprint density at radius 3 is 2.17 bits per heavy atom. The SMILES string of the molecule is [C-]#[N+]C1=Nc2c(c3c(c4nc(C#N)c([N+]#[C-])nc24)N=C(C#N)C(C#N)N3)NC1[N+]#[C-]. The highest BCUT2D eigenvalue weighted by atomic mass is 15.2. The van der Waals surface area contributed by atoms with E-state index in [2.05, 4.69) is 45.1 Å². The predicted octanol–water partition coefficient (Wildman–Crippen LogP) is 2.59. The summed E-state index contributed by atoms with van der Waals surface area (Å²) < 4.78 is 0. The van der Waals surface area contributed by atoms with Gasteiger partial charge in [-0.3, -0.25) is 4.85 Å².